The summed E-state index contributed by atoms with van der Waals surface area (Å²) in [4.78, 5) is 0.0484. The first-order chi connectivity index (χ1) is 10.8. The number of anilines is 1. The van der Waals surface area contributed by atoms with Gasteiger partial charge in [-0.15, -0.1) is 0 Å². The maximum Gasteiger partial charge on any atom is 0.238 e. The predicted octanol–water partition coefficient (Wildman–Crippen LogP) is 3.87. The van der Waals surface area contributed by atoms with Gasteiger partial charge in [0.25, 0.3) is 0 Å². The van der Waals surface area contributed by atoms with Crippen molar-refractivity contribution in [1.29, 1.82) is 0 Å². The van der Waals surface area contributed by atoms with Crippen LogP contribution in [0, 0.1) is 0 Å². The van der Waals surface area contributed by atoms with Gasteiger partial charge in [0.2, 0.25) is 10.0 Å². The molecule has 2 aromatic rings. The van der Waals surface area contributed by atoms with Crippen molar-refractivity contribution in [3.63, 3.8) is 0 Å². The number of primary sulfonamides is 1. The van der Waals surface area contributed by atoms with Crippen LogP contribution in [0.25, 0.3) is 0 Å². The summed E-state index contributed by atoms with van der Waals surface area (Å²) in [7, 11) is -3.70. The first-order valence-electron chi connectivity index (χ1n) is 6.72. The first kappa shape index (κ1) is 17.7. The number of nitrogens with two attached hydrogens (primary N) is 1. The summed E-state index contributed by atoms with van der Waals surface area (Å²) in [5, 5.41) is 10.3. The van der Waals surface area contributed by atoms with Gasteiger partial charge in [-0.3, -0.25) is 5.43 Å². The standard InChI is InChI=1S/C15H15Cl2N3O2S/c1-2-15(10-3-8-13(16)14(17)9-10)20-19-11-4-6-12(7-5-11)23(18,21)22/h3-9,19H,2H2,1H3,(H2,18,21,22)/b20-15+. The molecule has 2 rings (SSSR count). The molecule has 0 amide bonds. The lowest BCUT2D eigenvalue weighted by molar-refractivity contribution is 0.598. The van der Waals surface area contributed by atoms with Gasteiger partial charge in [0, 0.05) is 0 Å². The normalized spacial score (nSPS) is 12.3. The highest BCUT2D eigenvalue weighted by molar-refractivity contribution is 7.89. The minimum Gasteiger partial charge on any atom is -0.278 e. The van der Waals surface area contributed by atoms with Crippen LogP contribution in [0.15, 0.2) is 52.5 Å². The third-order valence-electron chi connectivity index (χ3n) is 3.09. The molecule has 3 N–H and O–H groups in total. The molecule has 0 aliphatic carbocycles. The topological polar surface area (TPSA) is 84.5 Å². The Balaban J connectivity index is 2.21. The summed E-state index contributed by atoms with van der Waals surface area (Å²) in [5.74, 6) is 0. The molecule has 23 heavy (non-hydrogen) atoms. The lowest BCUT2D eigenvalue weighted by Crippen LogP contribution is -2.11. The summed E-state index contributed by atoms with van der Waals surface area (Å²) >= 11 is 11.9. The second-order valence-corrected chi connectivity index (χ2v) is 7.10. The van der Waals surface area contributed by atoms with Crippen molar-refractivity contribution in [2.75, 3.05) is 5.43 Å². The third-order valence-corrected chi connectivity index (χ3v) is 4.76. The monoisotopic (exact) mass is 371 g/mol. The molecular weight excluding hydrogens is 357 g/mol. The fourth-order valence-corrected chi connectivity index (χ4v) is 2.69. The Bertz CT molecular complexity index is 834. The van der Waals surface area contributed by atoms with E-state index in [-0.39, 0.29) is 4.90 Å². The van der Waals surface area contributed by atoms with Gasteiger partial charge in [-0.1, -0.05) is 36.2 Å². The summed E-state index contributed by atoms with van der Waals surface area (Å²) in [5.41, 5.74) is 5.17. The third kappa shape index (κ3) is 4.68. The Hall–Kier alpha value is -1.60. The number of halogens is 2. The van der Waals surface area contributed by atoms with Crippen molar-refractivity contribution in [3.8, 4) is 0 Å². The lowest BCUT2D eigenvalue weighted by atomic mass is 10.1. The summed E-state index contributed by atoms with van der Waals surface area (Å²) in [6.45, 7) is 1.97. The molecule has 2 aromatic carbocycles. The summed E-state index contributed by atoms with van der Waals surface area (Å²) < 4.78 is 22.4. The number of nitrogens with one attached hydrogen (secondary N) is 1. The molecule has 0 saturated carbocycles. The Kier molecular flexibility index (Phi) is 5.64. The molecule has 0 fully saturated rings. The Morgan fingerprint density at radius 1 is 1.13 bits per heavy atom. The molecular formula is C15H15Cl2N3O2S. The van der Waals surface area contributed by atoms with Gasteiger partial charge in [0.1, 0.15) is 0 Å². The maximum absolute atomic E-state index is 11.2. The molecule has 0 bridgehead atoms. The van der Waals surface area contributed by atoms with E-state index in [4.69, 9.17) is 28.3 Å². The molecule has 0 aromatic heterocycles. The second-order valence-electron chi connectivity index (χ2n) is 4.72. The van der Waals surface area contributed by atoms with Crippen LogP contribution in [0.1, 0.15) is 18.9 Å². The van der Waals surface area contributed by atoms with E-state index in [1.807, 2.05) is 13.0 Å². The number of benzene rings is 2. The van der Waals surface area contributed by atoms with Gasteiger partial charge < -0.3 is 0 Å². The van der Waals surface area contributed by atoms with Crippen LogP contribution in [0.3, 0.4) is 0 Å². The molecule has 0 atom stereocenters. The van der Waals surface area contributed by atoms with Crippen LogP contribution < -0.4 is 10.6 Å². The zero-order valence-corrected chi connectivity index (χ0v) is 14.6. The van der Waals surface area contributed by atoms with Crippen molar-refractivity contribution in [2.24, 2.45) is 10.2 Å². The van der Waals surface area contributed by atoms with Crippen molar-refractivity contribution in [1.82, 2.24) is 0 Å². The zero-order chi connectivity index (χ0) is 17.0. The van der Waals surface area contributed by atoms with Crippen LogP contribution >= 0.6 is 23.2 Å². The molecule has 0 unspecified atom stereocenters. The van der Waals surface area contributed by atoms with Gasteiger partial charge in [0.05, 0.1) is 26.3 Å². The number of nitrogens with zero attached hydrogens (tertiary/aromatic N) is 1. The number of rotatable bonds is 5. The van der Waals surface area contributed by atoms with E-state index in [1.165, 1.54) is 12.1 Å². The van der Waals surface area contributed by atoms with Gasteiger partial charge in [0.15, 0.2) is 0 Å². The molecule has 0 radical (unpaired) electrons. The second kappa shape index (κ2) is 7.31. The Morgan fingerprint density at radius 3 is 2.30 bits per heavy atom. The fourth-order valence-electron chi connectivity index (χ4n) is 1.87. The highest BCUT2D eigenvalue weighted by Gasteiger charge is 2.07. The van der Waals surface area contributed by atoms with Crippen LogP contribution in [-0.4, -0.2) is 14.1 Å². The van der Waals surface area contributed by atoms with Crippen molar-refractivity contribution < 1.29 is 8.42 Å². The molecule has 0 aliphatic rings. The summed E-state index contributed by atoms with van der Waals surface area (Å²) in [6.07, 6.45) is 0.681. The molecule has 0 spiro atoms. The molecule has 0 aliphatic heterocycles. The van der Waals surface area contributed by atoms with Crippen LogP contribution in [-0.2, 0) is 10.0 Å². The van der Waals surface area contributed by atoms with E-state index in [1.54, 1.807) is 24.3 Å². The lowest BCUT2D eigenvalue weighted by Gasteiger charge is -2.07. The molecule has 5 nitrogen and oxygen atoms in total. The van der Waals surface area contributed by atoms with E-state index in [2.05, 4.69) is 10.5 Å². The fraction of sp³-hybridized carbons (Fsp3) is 0.133. The smallest absolute Gasteiger partial charge is 0.238 e. The Labute approximate surface area is 145 Å². The number of hydrogen-bond acceptors (Lipinski definition) is 4. The maximum atomic E-state index is 11.2. The minimum absolute atomic E-state index is 0.0484. The Morgan fingerprint density at radius 2 is 1.78 bits per heavy atom. The molecule has 0 saturated heterocycles. The average Bonchev–Trinajstić information content (AvgIpc) is 2.51. The largest absolute Gasteiger partial charge is 0.278 e. The molecule has 0 heterocycles. The quantitative estimate of drug-likeness (QED) is 0.617. The highest BCUT2D eigenvalue weighted by Crippen LogP contribution is 2.23. The summed E-state index contributed by atoms with van der Waals surface area (Å²) in [6, 6.07) is 11.3. The molecule has 122 valence electrons. The zero-order valence-electron chi connectivity index (χ0n) is 12.3. The van der Waals surface area contributed by atoms with Gasteiger partial charge in [-0.2, -0.15) is 5.10 Å². The minimum atomic E-state index is -3.70. The van der Waals surface area contributed by atoms with E-state index in [0.29, 0.717) is 22.2 Å². The van der Waals surface area contributed by atoms with Crippen LogP contribution in [0.2, 0.25) is 10.0 Å². The van der Waals surface area contributed by atoms with E-state index < -0.39 is 10.0 Å². The highest BCUT2D eigenvalue weighted by atomic mass is 35.5. The molecule has 8 heteroatoms. The average molecular weight is 372 g/mol. The van der Waals surface area contributed by atoms with Crippen LogP contribution in [0.5, 0.6) is 0 Å². The number of sulfonamides is 1. The number of hydrazone groups is 1. The van der Waals surface area contributed by atoms with Crippen LogP contribution in [0.4, 0.5) is 5.69 Å². The van der Waals surface area contributed by atoms with Gasteiger partial charge in [-0.05, 0) is 48.4 Å². The van der Waals surface area contributed by atoms with Crippen molar-refractivity contribution >= 4 is 44.6 Å². The van der Waals surface area contributed by atoms with E-state index >= 15 is 0 Å². The number of hydrogen-bond donors (Lipinski definition) is 2. The van der Waals surface area contributed by atoms with Gasteiger partial charge in [-0.25, -0.2) is 13.6 Å². The van der Waals surface area contributed by atoms with E-state index in [0.717, 1.165) is 11.3 Å². The predicted molar refractivity (Wildman–Crippen MR) is 94.7 cm³/mol. The van der Waals surface area contributed by atoms with Crippen molar-refractivity contribution in [2.45, 2.75) is 18.2 Å². The van der Waals surface area contributed by atoms with Gasteiger partial charge >= 0.3 is 0 Å². The van der Waals surface area contributed by atoms with Crippen molar-refractivity contribution in [3.05, 3.63) is 58.1 Å². The SMILES string of the molecule is CC/C(=N\Nc1ccc(S(N)(=O)=O)cc1)c1ccc(Cl)c(Cl)c1. The van der Waals surface area contributed by atoms with E-state index in [9.17, 15) is 8.42 Å². The first-order valence-corrected chi connectivity index (χ1v) is 9.02.